The Morgan fingerprint density at radius 2 is 1.71 bits per heavy atom. The molecule has 0 bridgehead atoms. The van der Waals surface area contributed by atoms with E-state index in [9.17, 15) is 4.79 Å². The number of Topliss-reactive ketones (excluding diaryl/α,β-unsaturated/α-hetero) is 1. The van der Waals surface area contributed by atoms with E-state index in [-0.39, 0.29) is 5.78 Å². The predicted molar refractivity (Wildman–Crippen MR) is 95.8 cm³/mol. The number of fused-ring (bicyclic) bond motifs is 1. The van der Waals surface area contributed by atoms with Crippen LogP contribution >= 0.6 is 0 Å². The van der Waals surface area contributed by atoms with Gasteiger partial charge < -0.3 is 19.3 Å². The average molecular weight is 323 g/mol. The molecular weight excluding hydrogens is 302 g/mol. The van der Waals surface area contributed by atoms with E-state index in [4.69, 9.17) is 9.47 Å². The van der Waals surface area contributed by atoms with Crippen LogP contribution in [-0.4, -0.2) is 25.0 Å². The lowest BCUT2D eigenvalue weighted by Gasteiger charge is -2.08. The minimum Gasteiger partial charge on any atom is -0.493 e. The van der Waals surface area contributed by atoms with Crippen LogP contribution in [0.25, 0.3) is 22.0 Å². The zero-order valence-corrected chi connectivity index (χ0v) is 14.2. The Balaban J connectivity index is 2.23. The molecular formula is C20H21NO3. The van der Waals surface area contributed by atoms with Crippen molar-refractivity contribution in [2.24, 2.45) is 0 Å². The van der Waals surface area contributed by atoms with Crippen LogP contribution in [0.15, 0.2) is 42.5 Å². The minimum atomic E-state index is 0.183. The van der Waals surface area contributed by atoms with Crippen LogP contribution in [0.2, 0.25) is 0 Å². The maximum atomic E-state index is 11.4. The summed E-state index contributed by atoms with van der Waals surface area (Å²) in [5.41, 5.74) is 4.27. The average Bonchev–Trinajstić information content (AvgIpc) is 2.96. The molecule has 2 aromatic carbocycles. The van der Waals surface area contributed by atoms with Crippen molar-refractivity contribution < 1.29 is 14.3 Å². The number of ketones is 1. The Labute approximate surface area is 141 Å². The fourth-order valence-corrected chi connectivity index (χ4v) is 3.00. The van der Waals surface area contributed by atoms with E-state index in [1.807, 2.05) is 30.3 Å². The van der Waals surface area contributed by atoms with E-state index in [2.05, 4.69) is 17.1 Å². The molecule has 0 aliphatic heterocycles. The molecule has 4 nitrogen and oxygen atoms in total. The number of H-pyrrole nitrogens is 1. The van der Waals surface area contributed by atoms with E-state index < -0.39 is 0 Å². The lowest BCUT2D eigenvalue weighted by Crippen LogP contribution is -1.95. The molecule has 124 valence electrons. The van der Waals surface area contributed by atoms with Gasteiger partial charge in [0.1, 0.15) is 5.78 Å². The van der Waals surface area contributed by atoms with E-state index in [0.717, 1.165) is 27.7 Å². The summed E-state index contributed by atoms with van der Waals surface area (Å²) in [6.45, 7) is 1.62. The van der Waals surface area contributed by atoms with Gasteiger partial charge in [0.2, 0.25) is 0 Å². The molecule has 1 N–H and O–H groups in total. The summed E-state index contributed by atoms with van der Waals surface area (Å²) in [5, 5.41) is 1.07. The minimum absolute atomic E-state index is 0.183. The van der Waals surface area contributed by atoms with Crippen LogP contribution in [0.3, 0.4) is 0 Å². The first kappa shape index (κ1) is 16.1. The van der Waals surface area contributed by atoms with Crippen LogP contribution in [-0.2, 0) is 11.2 Å². The fourth-order valence-electron chi connectivity index (χ4n) is 3.00. The maximum Gasteiger partial charge on any atom is 0.162 e. The van der Waals surface area contributed by atoms with Gasteiger partial charge in [-0.25, -0.2) is 0 Å². The molecule has 0 aliphatic rings. The molecule has 24 heavy (non-hydrogen) atoms. The number of benzene rings is 2. The fraction of sp³-hybridized carbons (Fsp3) is 0.250. The number of nitrogens with one attached hydrogen (secondary N) is 1. The quantitative estimate of drug-likeness (QED) is 0.732. The van der Waals surface area contributed by atoms with Gasteiger partial charge in [-0.3, -0.25) is 0 Å². The largest absolute Gasteiger partial charge is 0.493 e. The zero-order valence-electron chi connectivity index (χ0n) is 14.2. The predicted octanol–water partition coefficient (Wildman–Crippen LogP) is 4.37. The molecule has 3 rings (SSSR count). The molecule has 0 saturated carbocycles. The van der Waals surface area contributed by atoms with E-state index >= 15 is 0 Å². The third-order valence-electron chi connectivity index (χ3n) is 4.17. The molecule has 4 heteroatoms. The van der Waals surface area contributed by atoms with Crippen molar-refractivity contribution in [3.8, 4) is 22.6 Å². The van der Waals surface area contributed by atoms with Crippen LogP contribution in [0.1, 0.15) is 19.0 Å². The van der Waals surface area contributed by atoms with Crippen LogP contribution in [0.4, 0.5) is 0 Å². The first-order valence-electron chi connectivity index (χ1n) is 7.95. The summed E-state index contributed by atoms with van der Waals surface area (Å²) in [4.78, 5) is 14.9. The topological polar surface area (TPSA) is 51.3 Å². The molecule has 0 aliphatic carbocycles. The molecule has 0 atom stereocenters. The van der Waals surface area contributed by atoms with Crippen LogP contribution in [0.5, 0.6) is 11.5 Å². The van der Waals surface area contributed by atoms with Crippen molar-refractivity contribution in [3.63, 3.8) is 0 Å². The second-order valence-electron chi connectivity index (χ2n) is 5.80. The van der Waals surface area contributed by atoms with E-state index in [0.29, 0.717) is 24.3 Å². The molecule has 3 aromatic rings. The van der Waals surface area contributed by atoms with Crippen molar-refractivity contribution in [1.82, 2.24) is 4.98 Å². The van der Waals surface area contributed by atoms with E-state index in [1.54, 1.807) is 21.1 Å². The summed E-state index contributed by atoms with van der Waals surface area (Å²) >= 11 is 0. The Kier molecular flexibility index (Phi) is 4.56. The number of aryl methyl sites for hydroxylation is 1. The van der Waals surface area contributed by atoms with Crippen molar-refractivity contribution in [1.29, 1.82) is 0 Å². The Bertz CT molecular complexity index is 865. The number of hydrogen-bond donors (Lipinski definition) is 1. The summed E-state index contributed by atoms with van der Waals surface area (Å²) < 4.78 is 10.8. The van der Waals surface area contributed by atoms with Crippen LogP contribution < -0.4 is 9.47 Å². The highest BCUT2D eigenvalue weighted by Gasteiger charge is 2.17. The number of aromatic amines is 1. The second-order valence-corrected chi connectivity index (χ2v) is 5.80. The summed E-state index contributed by atoms with van der Waals surface area (Å²) in [5.74, 6) is 1.56. The molecule has 1 aromatic heterocycles. The first-order valence-corrected chi connectivity index (χ1v) is 7.95. The van der Waals surface area contributed by atoms with Gasteiger partial charge in [0, 0.05) is 29.1 Å². The number of aromatic nitrogens is 1. The molecule has 0 saturated heterocycles. The number of carbonyl (C=O) groups excluding carboxylic acids is 1. The second kappa shape index (κ2) is 6.79. The molecule has 0 amide bonds. The molecule has 0 spiro atoms. The Hall–Kier alpha value is -2.75. The number of carbonyl (C=O) groups is 1. The Morgan fingerprint density at radius 3 is 2.33 bits per heavy atom. The lowest BCUT2D eigenvalue weighted by atomic mass is 9.99. The van der Waals surface area contributed by atoms with Crippen LogP contribution in [0, 0.1) is 0 Å². The highest BCUT2D eigenvalue weighted by atomic mass is 16.5. The first-order chi connectivity index (χ1) is 11.6. The van der Waals surface area contributed by atoms with Crippen molar-refractivity contribution in [2.75, 3.05) is 14.2 Å². The highest BCUT2D eigenvalue weighted by Crippen LogP contribution is 2.39. The van der Waals surface area contributed by atoms with Crippen molar-refractivity contribution in [2.45, 2.75) is 19.8 Å². The maximum absolute atomic E-state index is 11.4. The SMILES string of the molecule is COc1cc2[nH]c(CCC(C)=O)c(-c3ccccc3)c2cc1OC. The number of ether oxygens (including phenoxy) is 2. The van der Waals surface area contributed by atoms with Gasteiger partial charge in [-0.05, 0) is 25.0 Å². The van der Waals surface area contributed by atoms with E-state index in [1.165, 1.54) is 0 Å². The normalized spacial score (nSPS) is 10.8. The van der Waals surface area contributed by atoms with Gasteiger partial charge >= 0.3 is 0 Å². The number of methoxy groups -OCH3 is 2. The van der Waals surface area contributed by atoms with Gasteiger partial charge in [0.25, 0.3) is 0 Å². The molecule has 0 radical (unpaired) electrons. The van der Waals surface area contributed by atoms with Gasteiger partial charge in [-0.2, -0.15) is 0 Å². The third-order valence-corrected chi connectivity index (χ3v) is 4.17. The summed E-state index contributed by atoms with van der Waals surface area (Å²) in [6.07, 6.45) is 1.19. The Morgan fingerprint density at radius 1 is 1.04 bits per heavy atom. The molecule has 1 heterocycles. The van der Waals surface area contributed by atoms with Gasteiger partial charge in [-0.1, -0.05) is 30.3 Å². The summed E-state index contributed by atoms with van der Waals surface area (Å²) in [7, 11) is 3.26. The number of hydrogen-bond acceptors (Lipinski definition) is 3. The molecule has 0 unspecified atom stereocenters. The lowest BCUT2D eigenvalue weighted by molar-refractivity contribution is -0.116. The number of rotatable bonds is 6. The molecule has 0 fully saturated rings. The summed E-state index contributed by atoms with van der Waals surface area (Å²) in [6, 6.07) is 14.1. The third kappa shape index (κ3) is 3.00. The smallest absolute Gasteiger partial charge is 0.162 e. The van der Waals surface area contributed by atoms with Crippen molar-refractivity contribution >= 4 is 16.7 Å². The van der Waals surface area contributed by atoms with Gasteiger partial charge in [-0.15, -0.1) is 0 Å². The van der Waals surface area contributed by atoms with Gasteiger partial charge in [0.15, 0.2) is 11.5 Å². The standard InChI is InChI=1S/C20H21NO3/c1-13(22)9-10-16-20(14-7-5-4-6-8-14)15-11-18(23-2)19(24-3)12-17(15)21-16/h4-8,11-12,21H,9-10H2,1-3H3. The monoisotopic (exact) mass is 323 g/mol. The van der Waals surface area contributed by atoms with Crippen molar-refractivity contribution in [3.05, 3.63) is 48.2 Å². The zero-order chi connectivity index (χ0) is 17.1. The van der Waals surface area contributed by atoms with Gasteiger partial charge in [0.05, 0.1) is 19.7 Å². The highest BCUT2D eigenvalue weighted by molar-refractivity contribution is 5.99.